The first-order chi connectivity index (χ1) is 12.8. The van der Waals surface area contributed by atoms with Gasteiger partial charge in [0.1, 0.15) is 4.83 Å². The van der Waals surface area contributed by atoms with E-state index in [4.69, 9.17) is 9.72 Å². The van der Waals surface area contributed by atoms with Crippen LogP contribution in [0.25, 0.3) is 10.2 Å². The van der Waals surface area contributed by atoms with Crippen LogP contribution in [0.1, 0.15) is 36.6 Å². The normalized spacial score (nSPS) is 18.2. The number of anilines is 1. The van der Waals surface area contributed by atoms with Gasteiger partial charge in [-0.05, 0) is 51.1 Å². The van der Waals surface area contributed by atoms with E-state index >= 15 is 0 Å². The van der Waals surface area contributed by atoms with Gasteiger partial charge in [-0.15, -0.1) is 11.3 Å². The fraction of sp³-hybridized carbons (Fsp3) is 0.684. The molecule has 4 rings (SSSR count). The topological polar surface area (TPSA) is 59.4 Å². The summed E-state index contributed by atoms with van der Waals surface area (Å²) in [7, 11) is 0. The number of fused-ring (bicyclic) bond motifs is 3. The number of morpholine rings is 1. The van der Waals surface area contributed by atoms with Crippen LogP contribution >= 0.6 is 11.3 Å². The van der Waals surface area contributed by atoms with Crippen LogP contribution in [0.5, 0.6) is 0 Å². The Balaban J connectivity index is 1.50. The SMILES string of the molecule is CCn1c(NCCCN2CCOCC2)nc2sc3c(c2c1=O)CCCC3. The number of nitrogens with one attached hydrogen (secondary N) is 1. The number of rotatable bonds is 6. The first kappa shape index (κ1) is 17.9. The fourth-order valence-corrected chi connectivity index (χ4v) is 5.25. The Morgan fingerprint density at radius 2 is 2.04 bits per heavy atom. The fourth-order valence-electron chi connectivity index (χ4n) is 3.99. The molecule has 1 aliphatic carbocycles. The van der Waals surface area contributed by atoms with E-state index in [0.717, 1.165) is 74.8 Å². The van der Waals surface area contributed by atoms with Crippen LogP contribution in [0.3, 0.4) is 0 Å². The lowest BCUT2D eigenvalue weighted by Crippen LogP contribution is -2.37. The molecule has 1 N–H and O–H groups in total. The van der Waals surface area contributed by atoms with E-state index in [9.17, 15) is 4.79 Å². The summed E-state index contributed by atoms with van der Waals surface area (Å²) in [5.74, 6) is 0.727. The predicted molar refractivity (Wildman–Crippen MR) is 107 cm³/mol. The van der Waals surface area contributed by atoms with E-state index in [2.05, 4.69) is 10.2 Å². The number of ether oxygens (including phenoxy) is 1. The molecule has 7 heteroatoms. The number of hydrogen-bond acceptors (Lipinski definition) is 6. The molecule has 0 radical (unpaired) electrons. The summed E-state index contributed by atoms with van der Waals surface area (Å²) in [5, 5.41) is 4.30. The smallest absolute Gasteiger partial charge is 0.263 e. The van der Waals surface area contributed by atoms with Crippen molar-refractivity contribution >= 4 is 27.5 Å². The second-order valence-corrected chi connectivity index (χ2v) is 8.19. The summed E-state index contributed by atoms with van der Waals surface area (Å²) < 4.78 is 7.19. The Morgan fingerprint density at radius 1 is 1.23 bits per heavy atom. The van der Waals surface area contributed by atoms with E-state index < -0.39 is 0 Å². The van der Waals surface area contributed by atoms with Crippen molar-refractivity contribution in [2.75, 3.05) is 44.7 Å². The van der Waals surface area contributed by atoms with Gasteiger partial charge in [-0.2, -0.15) is 0 Å². The maximum Gasteiger partial charge on any atom is 0.263 e. The molecule has 0 amide bonds. The van der Waals surface area contributed by atoms with Crippen LogP contribution in [0.4, 0.5) is 5.95 Å². The molecule has 1 fully saturated rings. The van der Waals surface area contributed by atoms with Crippen LogP contribution in [-0.4, -0.2) is 53.8 Å². The molecule has 0 spiro atoms. The lowest BCUT2D eigenvalue weighted by molar-refractivity contribution is 0.0378. The Labute approximate surface area is 158 Å². The highest BCUT2D eigenvalue weighted by Crippen LogP contribution is 2.34. The first-order valence-corrected chi connectivity index (χ1v) is 10.7. The molecule has 2 aromatic rings. The minimum atomic E-state index is 0.132. The van der Waals surface area contributed by atoms with Gasteiger partial charge in [0.15, 0.2) is 0 Å². The van der Waals surface area contributed by atoms with E-state index in [1.807, 2.05) is 6.92 Å². The summed E-state index contributed by atoms with van der Waals surface area (Å²) in [5.41, 5.74) is 1.40. The van der Waals surface area contributed by atoms with E-state index in [1.54, 1.807) is 15.9 Å². The second kappa shape index (κ2) is 8.06. The van der Waals surface area contributed by atoms with Gasteiger partial charge >= 0.3 is 0 Å². The monoisotopic (exact) mass is 376 g/mol. The van der Waals surface area contributed by atoms with E-state index in [-0.39, 0.29) is 5.56 Å². The lowest BCUT2D eigenvalue weighted by atomic mass is 9.97. The summed E-state index contributed by atoms with van der Waals surface area (Å²) in [6.07, 6.45) is 5.59. The van der Waals surface area contributed by atoms with Crippen molar-refractivity contribution in [3.63, 3.8) is 0 Å². The third-order valence-corrected chi connectivity index (χ3v) is 6.61. The van der Waals surface area contributed by atoms with Gasteiger partial charge in [-0.25, -0.2) is 4.98 Å². The predicted octanol–water partition coefficient (Wildman–Crippen LogP) is 2.49. The molecule has 1 saturated heterocycles. The van der Waals surface area contributed by atoms with Crippen LogP contribution in [0.2, 0.25) is 0 Å². The molecule has 3 heterocycles. The average molecular weight is 377 g/mol. The highest BCUT2D eigenvalue weighted by Gasteiger charge is 2.21. The number of aryl methyl sites for hydroxylation is 2. The zero-order valence-corrected chi connectivity index (χ0v) is 16.4. The standard InChI is InChI=1S/C19H28N4O2S/c1-2-23-18(24)16-14-6-3-4-7-15(14)26-17(16)21-19(23)20-8-5-9-22-10-12-25-13-11-22/h2-13H2,1H3,(H,20,21). The Morgan fingerprint density at radius 3 is 2.85 bits per heavy atom. The van der Waals surface area contributed by atoms with Crippen LogP contribution in [0, 0.1) is 0 Å². The molecule has 1 aliphatic heterocycles. The number of hydrogen-bond donors (Lipinski definition) is 1. The zero-order valence-electron chi connectivity index (χ0n) is 15.6. The van der Waals surface area contributed by atoms with Gasteiger partial charge in [0, 0.05) is 31.1 Å². The van der Waals surface area contributed by atoms with E-state index in [0.29, 0.717) is 6.54 Å². The number of aromatic nitrogens is 2. The molecule has 0 saturated carbocycles. The van der Waals surface area contributed by atoms with Crippen molar-refractivity contribution in [2.45, 2.75) is 45.6 Å². The van der Waals surface area contributed by atoms with Gasteiger partial charge in [0.2, 0.25) is 5.95 Å². The third-order valence-electron chi connectivity index (χ3n) is 5.43. The minimum Gasteiger partial charge on any atom is -0.379 e. The molecule has 142 valence electrons. The summed E-state index contributed by atoms with van der Waals surface area (Å²) in [4.78, 5) is 22.6. The molecule has 6 nitrogen and oxygen atoms in total. The maximum absolute atomic E-state index is 13.1. The Bertz CT molecular complexity index is 823. The molecule has 0 atom stereocenters. The van der Waals surface area contributed by atoms with Crippen LogP contribution < -0.4 is 10.9 Å². The number of nitrogens with zero attached hydrogens (tertiary/aromatic N) is 3. The highest BCUT2D eigenvalue weighted by molar-refractivity contribution is 7.18. The van der Waals surface area contributed by atoms with Crippen molar-refractivity contribution < 1.29 is 4.74 Å². The molecule has 0 aromatic carbocycles. The number of thiophene rings is 1. The van der Waals surface area contributed by atoms with Gasteiger partial charge in [0.25, 0.3) is 5.56 Å². The quantitative estimate of drug-likeness (QED) is 0.785. The van der Waals surface area contributed by atoms with Crippen molar-refractivity contribution in [2.24, 2.45) is 0 Å². The molecule has 26 heavy (non-hydrogen) atoms. The third kappa shape index (κ3) is 3.52. The molecule has 0 unspecified atom stereocenters. The van der Waals surface area contributed by atoms with Gasteiger partial charge in [-0.1, -0.05) is 0 Å². The molecule has 2 aliphatic rings. The van der Waals surface area contributed by atoms with Crippen molar-refractivity contribution in [1.82, 2.24) is 14.5 Å². The Hall–Kier alpha value is -1.44. The van der Waals surface area contributed by atoms with Gasteiger partial charge in [0.05, 0.1) is 18.6 Å². The highest BCUT2D eigenvalue weighted by atomic mass is 32.1. The lowest BCUT2D eigenvalue weighted by Gasteiger charge is -2.26. The van der Waals surface area contributed by atoms with Crippen molar-refractivity contribution in [3.8, 4) is 0 Å². The zero-order chi connectivity index (χ0) is 17.9. The Kier molecular flexibility index (Phi) is 5.57. The van der Waals surface area contributed by atoms with Crippen LogP contribution in [0.15, 0.2) is 4.79 Å². The largest absolute Gasteiger partial charge is 0.379 e. The van der Waals surface area contributed by atoms with Crippen molar-refractivity contribution in [3.05, 3.63) is 20.8 Å². The van der Waals surface area contributed by atoms with Crippen LogP contribution in [-0.2, 0) is 24.1 Å². The van der Waals surface area contributed by atoms with Gasteiger partial charge < -0.3 is 10.1 Å². The first-order valence-electron chi connectivity index (χ1n) is 9.87. The molecule has 0 bridgehead atoms. The summed E-state index contributed by atoms with van der Waals surface area (Å²) in [6.45, 7) is 8.27. The van der Waals surface area contributed by atoms with Gasteiger partial charge in [-0.3, -0.25) is 14.3 Å². The molecular formula is C19H28N4O2S. The van der Waals surface area contributed by atoms with Crippen molar-refractivity contribution in [1.29, 1.82) is 0 Å². The average Bonchev–Trinajstić information content (AvgIpc) is 3.05. The summed E-state index contributed by atoms with van der Waals surface area (Å²) in [6, 6.07) is 0. The molecular weight excluding hydrogens is 348 g/mol. The molecule has 2 aromatic heterocycles. The van der Waals surface area contributed by atoms with E-state index in [1.165, 1.54) is 23.3 Å². The maximum atomic E-state index is 13.1. The minimum absolute atomic E-state index is 0.132. The summed E-state index contributed by atoms with van der Waals surface area (Å²) >= 11 is 1.72. The second-order valence-electron chi connectivity index (χ2n) is 7.11.